The van der Waals surface area contributed by atoms with Crippen LogP contribution < -0.4 is 10.6 Å². The molecule has 0 bridgehead atoms. The summed E-state index contributed by atoms with van der Waals surface area (Å²) in [6.07, 6.45) is 3.48. The lowest BCUT2D eigenvalue weighted by atomic mass is 10.0. The van der Waals surface area contributed by atoms with Crippen molar-refractivity contribution >= 4 is 5.96 Å². The van der Waals surface area contributed by atoms with Gasteiger partial charge in [-0.3, -0.25) is 0 Å². The number of nitrogens with one attached hydrogen (secondary N) is 2. The van der Waals surface area contributed by atoms with Crippen molar-refractivity contribution in [3.05, 3.63) is 47.8 Å². The van der Waals surface area contributed by atoms with Gasteiger partial charge < -0.3 is 29.3 Å². The molecule has 2 aromatic rings. The first-order valence-corrected chi connectivity index (χ1v) is 9.44. The van der Waals surface area contributed by atoms with Crippen LogP contribution in [0.15, 0.2) is 44.4 Å². The summed E-state index contributed by atoms with van der Waals surface area (Å²) in [6.45, 7) is 6.82. The van der Waals surface area contributed by atoms with Crippen molar-refractivity contribution in [2.45, 2.75) is 32.3 Å². The summed E-state index contributed by atoms with van der Waals surface area (Å²) in [7, 11) is 0. The van der Waals surface area contributed by atoms with Crippen molar-refractivity contribution in [2.75, 3.05) is 32.8 Å². The van der Waals surface area contributed by atoms with E-state index >= 15 is 0 Å². The van der Waals surface area contributed by atoms with E-state index in [-0.39, 0.29) is 6.54 Å². The van der Waals surface area contributed by atoms with Gasteiger partial charge in [-0.25, -0.2) is 4.99 Å². The fraction of sp³-hybridized carbons (Fsp3) is 0.550. The molecule has 7 nitrogen and oxygen atoms in total. The number of furan rings is 2. The Hall–Kier alpha value is -2.25. The third kappa shape index (κ3) is 5.87. The molecule has 1 fully saturated rings. The van der Waals surface area contributed by atoms with Gasteiger partial charge in [-0.15, -0.1) is 0 Å². The van der Waals surface area contributed by atoms with E-state index in [1.807, 2.05) is 25.1 Å². The summed E-state index contributed by atoms with van der Waals surface area (Å²) in [4.78, 5) is 4.57. The highest BCUT2D eigenvalue weighted by atomic mass is 16.5. The molecule has 7 heteroatoms. The normalized spacial score (nSPS) is 19.8. The molecular weight excluding hydrogens is 346 g/mol. The molecule has 0 saturated carbocycles. The number of hydrogen-bond acceptors (Lipinski definition) is 5. The van der Waals surface area contributed by atoms with Gasteiger partial charge in [0.05, 0.1) is 19.4 Å². The third-order valence-corrected chi connectivity index (χ3v) is 4.64. The van der Waals surface area contributed by atoms with Gasteiger partial charge in [0.2, 0.25) is 0 Å². The van der Waals surface area contributed by atoms with Crippen LogP contribution in [0.1, 0.15) is 30.6 Å². The topological polar surface area (TPSA) is 92.2 Å². The van der Waals surface area contributed by atoms with Crippen molar-refractivity contribution in [3.8, 4) is 0 Å². The van der Waals surface area contributed by atoms with Gasteiger partial charge in [0.1, 0.15) is 22.9 Å². The maximum Gasteiger partial charge on any atom is 0.191 e. The van der Waals surface area contributed by atoms with Crippen LogP contribution in [-0.2, 0) is 16.8 Å². The molecule has 0 aliphatic carbocycles. The van der Waals surface area contributed by atoms with Gasteiger partial charge in [0.15, 0.2) is 5.96 Å². The van der Waals surface area contributed by atoms with Crippen molar-refractivity contribution in [1.82, 2.24) is 10.6 Å². The summed E-state index contributed by atoms with van der Waals surface area (Å²) in [5.41, 5.74) is -1.17. The molecule has 2 unspecified atom stereocenters. The molecular formula is C20H29N3O4. The third-order valence-electron chi connectivity index (χ3n) is 4.64. The second-order valence-electron chi connectivity index (χ2n) is 7.22. The van der Waals surface area contributed by atoms with Crippen LogP contribution in [0.5, 0.6) is 0 Å². The Morgan fingerprint density at radius 1 is 1.33 bits per heavy atom. The number of rotatable bonds is 8. The number of aliphatic imine (C=N–C) groups is 1. The zero-order valence-electron chi connectivity index (χ0n) is 16.0. The smallest absolute Gasteiger partial charge is 0.191 e. The van der Waals surface area contributed by atoms with Gasteiger partial charge in [0.25, 0.3) is 0 Å². The minimum Gasteiger partial charge on any atom is -0.469 e. The molecule has 0 amide bonds. The van der Waals surface area contributed by atoms with Crippen molar-refractivity contribution in [3.63, 3.8) is 0 Å². The van der Waals surface area contributed by atoms with Gasteiger partial charge in [-0.2, -0.15) is 0 Å². The van der Waals surface area contributed by atoms with E-state index in [0.717, 1.165) is 44.1 Å². The number of aliphatic hydroxyl groups is 1. The molecule has 1 aliphatic heterocycles. The first-order valence-electron chi connectivity index (χ1n) is 9.44. The number of ether oxygens (including phenoxy) is 1. The molecule has 27 heavy (non-hydrogen) atoms. The van der Waals surface area contributed by atoms with Crippen LogP contribution in [0.4, 0.5) is 0 Å². The molecule has 3 heterocycles. The average Bonchev–Trinajstić information content (AvgIpc) is 3.39. The number of hydrogen-bond donors (Lipinski definition) is 3. The molecule has 1 saturated heterocycles. The van der Waals surface area contributed by atoms with E-state index in [2.05, 4.69) is 15.6 Å². The Bertz CT molecular complexity index is 715. The quantitative estimate of drug-likeness (QED) is 0.484. The zero-order chi connectivity index (χ0) is 19.1. The number of nitrogens with zero attached hydrogens (tertiary/aromatic N) is 1. The fourth-order valence-corrected chi connectivity index (χ4v) is 2.95. The first kappa shape index (κ1) is 19.5. The average molecular weight is 375 g/mol. The van der Waals surface area contributed by atoms with E-state index in [1.165, 1.54) is 0 Å². The van der Waals surface area contributed by atoms with Crippen molar-refractivity contribution in [2.24, 2.45) is 10.9 Å². The number of aryl methyl sites for hydroxylation is 1. The largest absolute Gasteiger partial charge is 0.469 e. The van der Waals surface area contributed by atoms with Gasteiger partial charge in [-0.05, 0) is 44.5 Å². The Labute approximate surface area is 159 Å². The lowest BCUT2D eigenvalue weighted by molar-refractivity contribution is 0.0428. The van der Waals surface area contributed by atoms with Crippen molar-refractivity contribution in [1.29, 1.82) is 0 Å². The van der Waals surface area contributed by atoms with Crippen molar-refractivity contribution < 1.29 is 18.7 Å². The lowest BCUT2D eigenvalue weighted by Crippen LogP contribution is -2.42. The lowest BCUT2D eigenvalue weighted by Gasteiger charge is -2.20. The summed E-state index contributed by atoms with van der Waals surface area (Å²) in [5, 5.41) is 17.4. The Morgan fingerprint density at radius 2 is 2.22 bits per heavy atom. The summed E-state index contributed by atoms with van der Waals surface area (Å²) in [6, 6.07) is 7.46. The van der Waals surface area contributed by atoms with Crippen LogP contribution in [0.3, 0.4) is 0 Å². The number of guanidine groups is 1. The molecule has 0 spiro atoms. The van der Waals surface area contributed by atoms with Gasteiger partial charge >= 0.3 is 0 Å². The Balaban J connectivity index is 1.58. The predicted octanol–water partition coefficient (Wildman–Crippen LogP) is 2.20. The van der Waals surface area contributed by atoms with Crippen LogP contribution in [0.25, 0.3) is 0 Å². The first-order chi connectivity index (χ1) is 13.0. The zero-order valence-corrected chi connectivity index (χ0v) is 16.0. The molecule has 3 rings (SSSR count). The van der Waals surface area contributed by atoms with E-state index in [1.54, 1.807) is 19.3 Å². The molecule has 0 aromatic carbocycles. The molecule has 0 radical (unpaired) electrons. The molecule has 2 atom stereocenters. The molecule has 148 valence electrons. The highest BCUT2D eigenvalue weighted by Crippen LogP contribution is 2.23. The maximum atomic E-state index is 10.7. The van der Waals surface area contributed by atoms with Gasteiger partial charge in [0, 0.05) is 32.0 Å². The molecule has 3 N–H and O–H groups in total. The van der Waals surface area contributed by atoms with Gasteiger partial charge in [-0.1, -0.05) is 0 Å². The summed E-state index contributed by atoms with van der Waals surface area (Å²) in [5.74, 6) is 3.35. The summed E-state index contributed by atoms with van der Waals surface area (Å²) < 4.78 is 16.4. The van der Waals surface area contributed by atoms with Crippen LogP contribution in [0, 0.1) is 12.8 Å². The van der Waals surface area contributed by atoms with Crippen LogP contribution >= 0.6 is 0 Å². The maximum absolute atomic E-state index is 10.7. The SMILES string of the molecule is Cc1ccc(C(C)(O)CN=C(NCCc2ccco2)NCC2CCOC2)o1. The minimum atomic E-state index is -1.17. The second-order valence-corrected chi connectivity index (χ2v) is 7.22. The van der Waals surface area contributed by atoms with Crippen LogP contribution in [-0.4, -0.2) is 43.9 Å². The highest BCUT2D eigenvalue weighted by Gasteiger charge is 2.27. The monoisotopic (exact) mass is 375 g/mol. The Morgan fingerprint density at radius 3 is 2.89 bits per heavy atom. The fourth-order valence-electron chi connectivity index (χ4n) is 2.95. The van der Waals surface area contributed by atoms with Crippen LogP contribution in [0.2, 0.25) is 0 Å². The molecule has 2 aromatic heterocycles. The second kappa shape index (κ2) is 9.10. The minimum absolute atomic E-state index is 0.192. The van der Waals surface area contributed by atoms with E-state index < -0.39 is 5.60 Å². The Kier molecular flexibility index (Phi) is 6.58. The standard InChI is InChI=1S/C20H29N3O4/c1-15-5-6-18(27-15)20(2,24)14-23-19(22-12-16-8-11-25-13-16)21-9-7-17-4-3-10-26-17/h3-6,10,16,24H,7-9,11-14H2,1-2H3,(H2,21,22,23). The van der Waals surface area contributed by atoms with E-state index in [4.69, 9.17) is 13.6 Å². The van der Waals surface area contributed by atoms with E-state index in [9.17, 15) is 5.11 Å². The predicted molar refractivity (Wildman–Crippen MR) is 103 cm³/mol. The summed E-state index contributed by atoms with van der Waals surface area (Å²) >= 11 is 0. The van der Waals surface area contributed by atoms with E-state index in [0.29, 0.717) is 24.2 Å². The highest BCUT2D eigenvalue weighted by molar-refractivity contribution is 5.79. The molecule has 1 aliphatic rings.